The Morgan fingerprint density at radius 3 is 3.00 bits per heavy atom. The summed E-state index contributed by atoms with van der Waals surface area (Å²) in [5, 5.41) is 9.04. The first kappa shape index (κ1) is 13.9. The summed E-state index contributed by atoms with van der Waals surface area (Å²) in [6.45, 7) is -0.120. The SMILES string of the molecule is CS[C@H]1[C@H](Cl)[C@@H](CO)O[C@H]1n1cnc2c(N)ncnc21. The van der Waals surface area contributed by atoms with E-state index in [2.05, 4.69) is 15.0 Å². The fraction of sp³-hybridized carbons (Fsp3) is 0.545. The molecule has 0 spiro atoms. The fourth-order valence-corrected chi connectivity index (χ4v) is 3.81. The number of aliphatic hydroxyl groups is 1. The van der Waals surface area contributed by atoms with Crippen molar-refractivity contribution < 1.29 is 9.84 Å². The molecule has 3 N–H and O–H groups in total. The van der Waals surface area contributed by atoms with Crippen LogP contribution in [0.15, 0.2) is 12.7 Å². The van der Waals surface area contributed by atoms with Crippen LogP contribution in [0.1, 0.15) is 6.23 Å². The van der Waals surface area contributed by atoms with Gasteiger partial charge in [-0.15, -0.1) is 11.6 Å². The second-order valence-electron chi connectivity index (χ2n) is 4.48. The van der Waals surface area contributed by atoms with E-state index in [1.807, 2.05) is 6.26 Å². The van der Waals surface area contributed by atoms with E-state index in [-0.39, 0.29) is 23.5 Å². The molecule has 0 unspecified atom stereocenters. The Kier molecular flexibility index (Phi) is 3.72. The summed E-state index contributed by atoms with van der Waals surface area (Å²) in [5.41, 5.74) is 6.91. The van der Waals surface area contributed by atoms with Crippen LogP contribution in [0.4, 0.5) is 5.82 Å². The lowest BCUT2D eigenvalue weighted by Crippen LogP contribution is -2.26. The smallest absolute Gasteiger partial charge is 0.167 e. The van der Waals surface area contributed by atoms with Gasteiger partial charge < -0.3 is 15.6 Å². The van der Waals surface area contributed by atoms with Gasteiger partial charge in [0.05, 0.1) is 23.6 Å². The highest BCUT2D eigenvalue weighted by Crippen LogP contribution is 2.40. The molecule has 1 aliphatic heterocycles. The number of halogens is 1. The second kappa shape index (κ2) is 5.36. The van der Waals surface area contributed by atoms with Gasteiger partial charge in [0.2, 0.25) is 0 Å². The number of hydrogen-bond donors (Lipinski definition) is 2. The summed E-state index contributed by atoms with van der Waals surface area (Å²) < 4.78 is 7.63. The number of ether oxygens (including phenoxy) is 1. The molecule has 20 heavy (non-hydrogen) atoms. The molecule has 3 rings (SSSR count). The van der Waals surface area contributed by atoms with E-state index in [0.29, 0.717) is 17.0 Å². The molecular formula is C11H14ClN5O2S. The standard InChI is InChI=1S/C11H14ClN5O2S/c1-20-8-6(12)5(2-18)19-11(8)17-4-16-7-9(13)14-3-15-10(7)17/h3-6,8,11,18H,2H2,1H3,(H2,13,14,15)/t5-,6-,8+,11-/m1/s1. The van der Waals surface area contributed by atoms with E-state index in [1.165, 1.54) is 6.33 Å². The fourth-order valence-electron chi connectivity index (χ4n) is 2.37. The number of nitrogen functional groups attached to an aromatic ring is 1. The van der Waals surface area contributed by atoms with E-state index in [4.69, 9.17) is 22.1 Å². The first-order valence-electron chi connectivity index (χ1n) is 6.03. The molecule has 0 bridgehead atoms. The summed E-state index contributed by atoms with van der Waals surface area (Å²) in [4.78, 5) is 12.3. The van der Waals surface area contributed by atoms with Crippen molar-refractivity contribution in [2.45, 2.75) is 23.0 Å². The van der Waals surface area contributed by atoms with Gasteiger partial charge in [-0.2, -0.15) is 11.8 Å². The minimum absolute atomic E-state index is 0.0117. The quantitative estimate of drug-likeness (QED) is 0.802. The molecule has 4 atom stereocenters. The predicted molar refractivity (Wildman–Crippen MR) is 77.7 cm³/mol. The maximum Gasteiger partial charge on any atom is 0.167 e. The predicted octanol–water partition coefficient (Wildman–Crippen LogP) is 0.637. The molecule has 2 aromatic heterocycles. The Bertz CT molecular complexity index is 624. The van der Waals surface area contributed by atoms with Crippen LogP contribution in [-0.2, 0) is 4.74 Å². The largest absolute Gasteiger partial charge is 0.394 e. The zero-order valence-electron chi connectivity index (χ0n) is 10.7. The molecule has 7 nitrogen and oxygen atoms in total. The number of aromatic nitrogens is 4. The number of anilines is 1. The third-order valence-corrected chi connectivity index (χ3v) is 5.15. The Balaban J connectivity index is 2.04. The number of thioether (sulfide) groups is 1. The Morgan fingerprint density at radius 2 is 2.30 bits per heavy atom. The molecule has 3 heterocycles. The monoisotopic (exact) mass is 315 g/mol. The van der Waals surface area contributed by atoms with Gasteiger partial charge in [0.1, 0.15) is 17.9 Å². The van der Waals surface area contributed by atoms with Gasteiger partial charge in [-0.05, 0) is 6.26 Å². The minimum atomic E-state index is -0.407. The van der Waals surface area contributed by atoms with Gasteiger partial charge in [-0.25, -0.2) is 15.0 Å². The third kappa shape index (κ3) is 2.03. The van der Waals surface area contributed by atoms with Crippen LogP contribution in [0, 0.1) is 0 Å². The van der Waals surface area contributed by atoms with Gasteiger partial charge in [0, 0.05) is 0 Å². The lowest BCUT2D eigenvalue weighted by atomic mass is 10.2. The van der Waals surface area contributed by atoms with Gasteiger partial charge in [-0.1, -0.05) is 0 Å². The van der Waals surface area contributed by atoms with Crippen LogP contribution >= 0.6 is 23.4 Å². The number of nitrogens with zero attached hydrogens (tertiary/aromatic N) is 4. The van der Waals surface area contributed by atoms with Gasteiger partial charge in [-0.3, -0.25) is 4.57 Å². The van der Waals surface area contributed by atoms with Gasteiger partial charge in [0.15, 0.2) is 17.7 Å². The van der Waals surface area contributed by atoms with Crippen LogP contribution in [0.3, 0.4) is 0 Å². The molecule has 2 aromatic rings. The average molecular weight is 316 g/mol. The molecule has 0 amide bonds. The molecule has 0 saturated carbocycles. The van der Waals surface area contributed by atoms with Crippen LogP contribution < -0.4 is 5.73 Å². The van der Waals surface area contributed by atoms with Crippen molar-refractivity contribution in [3.8, 4) is 0 Å². The zero-order chi connectivity index (χ0) is 14.3. The van der Waals surface area contributed by atoms with Crippen molar-refractivity contribution >= 4 is 40.3 Å². The van der Waals surface area contributed by atoms with E-state index in [9.17, 15) is 5.11 Å². The third-order valence-electron chi connectivity index (χ3n) is 3.38. The highest BCUT2D eigenvalue weighted by Gasteiger charge is 2.44. The van der Waals surface area contributed by atoms with Gasteiger partial charge in [0.25, 0.3) is 0 Å². The first-order chi connectivity index (χ1) is 9.67. The van der Waals surface area contributed by atoms with Crippen molar-refractivity contribution in [2.75, 3.05) is 18.6 Å². The van der Waals surface area contributed by atoms with Crippen molar-refractivity contribution in [1.29, 1.82) is 0 Å². The molecule has 9 heteroatoms. The molecule has 1 saturated heterocycles. The molecule has 1 aliphatic rings. The maximum absolute atomic E-state index is 9.33. The van der Waals surface area contributed by atoms with Crippen LogP contribution in [0.25, 0.3) is 11.2 Å². The number of fused-ring (bicyclic) bond motifs is 1. The summed E-state index contributed by atoms with van der Waals surface area (Å²) >= 11 is 7.93. The lowest BCUT2D eigenvalue weighted by Gasteiger charge is -2.19. The second-order valence-corrected chi connectivity index (χ2v) is 6.00. The van der Waals surface area contributed by atoms with Crippen molar-refractivity contribution in [1.82, 2.24) is 19.5 Å². The molecule has 1 fully saturated rings. The minimum Gasteiger partial charge on any atom is -0.394 e. The first-order valence-corrected chi connectivity index (χ1v) is 7.76. The molecule has 0 radical (unpaired) electrons. The number of aliphatic hydroxyl groups excluding tert-OH is 1. The van der Waals surface area contributed by atoms with E-state index >= 15 is 0 Å². The average Bonchev–Trinajstić information content (AvgIpc) is 3.00. The van der Waals surface area contributed by atoms with Crippen LogP contribution in [0.2, 0.25) is 0 Å². The van der Waals surface area contributed by atoms with Crippen LogP contribution in [-0.4, -0.2) is 54.2 Å². The summed E-state index contributed by atoms with van der Waals surface area (Å²) in [6.07, 6.45) is 4.21. The highest BCUT2D eigenvalue weighted by atomic mass is 35.5. The van der Waals surface area contributed by atoms with Gasteiger partial charge >= 0.3 is 0 Å². The normalized spacial score (nSPS) is 30.1. The van der Waals surface area contributed by atoms with Crippen molar-refractivity contribution in [3.05, 3.63) is 12.7 Å². The van der Waals surface area contributed by atoms with E-state index < -0.39 is 6.10 Å². The summed E-state index contributed by atoms with van der Waals surface area (Å²) in [5.74, 6) is 0.327. The summed E-state index contributed by atoms with van der Waals surface area (Å²) in [6, 6.07) is 0. The van der Waals surface area contributed by atoms with Crippen molar-refractivity contribution in [2.24, 2.45) is 0 Å². The zero-order valence-corrected chi connectivity index (χ0v) is 12.3. The lowest BCUT2D eigenvalue weighted by molar-refractivity contribution is -0.0189. The van der Waals surface area contributed by atoms with Crippen LogP contribution in [0.5, 0.6) is 0 Å². The highest BCUT2D eigenvalue weighted by molar-refractivity contribution is 7.99. The van der Waals surface area contributed by atoms with E-state index in [0.717, 1.165) is 0 Å². The number of alkyl halides is 1. The number of imidazole rings is 1. The van der Waals surface area contributed by atoms with Crippen molar-refractivity contribution in [3.63, 3.8) is 0 Å². The molecule has 108 valence electrons. The molecule has 0 aliphatic carbocycles. The topological polar surface area (TPSA) is 99.1 Å². The summed E-state index contributed by atoms with van der Waals surface area (Å²) in [7, 11) is 0. The molecular weight excluding hydrogens is 302 g/mol. The Labute approximate surface area is 124 Å². The number of rotatable bonds is 3. The Morgan fingerprint density at radius 1 is 1.50 bits per heavy atom. The number of nitrogens with two attached hydrogens (primary N) is 1. The number of hydrogen-bond acceptors (Lipinski definition) is 7. The Hall–Kier alpha value is -1.09. The maximum atomic E-state index is 9.33. The van der Waals surface area contributed by atoms with E-state index in [1.54, 1.807) is 22.7 Å². The molecule has 0 aromatic carbocycles.